The fourth-order valence-electron chi connectivity index (χ4n) is 2.21. The number of pyridine rings is 1. The van der Waals surface area contributed by atoms with E-state index in [9.17, 15) is 4.79 Å². The molecule has 2 heterocycles. The number of ether oxygens (including phenoxy) is 1. The summed E-state index contributed by atoms with van der Waals surface area (Å²) in [6.07, 6.45) is 1.70. The highest BCUT2D eigenvalue weighted by Crippen LogP contribution is 2.25. The Bertz CT molecular complexity index is 847. The smallest absolute Gasteiger partial charge is 0.263 e. The standard InChI is InChI=1S/C18H18N4O2S/c1-12-16(25-18(21-12)22-15-5-3-4-10-19-15)17(23)20-11-13-6-8-14(24-2)9-7-13/h3-10H,11H2,1-2H3,(H,20,23)(H,19,21,22). The molecule has 1 amide bonds. The van der Waals surface area contributed by atoms with E-state index in [0.717, 1.165) is 11.3 Å². The Hall–Kier alpha value is -2.93. The van der Waals surface area contributed by atoms with E-state index in [1.54, 1.807) is 13.3 Å². The molecule has 0 atom stereocenters. The van der Waals surface area contributed by atoms with Crippen molar-refractivity contribution in [3.05, 3.63) is 64.8 Å². The number of hydrogen-bond acceptors (Lipinski definition) is 6. The van der Waals surface area contributed by atoms with Gasteiger partial charge < -0.3 is 15.4 Å². The van der Waals surface area contributed by atoms with E-state index in [4.69, 9.17) is 4.74 Å². The second kappa shape index (κ2) is 7.76. The number of carbonyl (C=O) groups excluding carboxylic acids is 1. The molecule has 128 valence electrons. The Morgan fingerprint density at radius 2 is 2.00 bits per heavy atom. The molecule has 2 aromatic heterocycles. The molecule has 25 heavy (non-hydrogen) atoms. The van der Waals surface area contributed by atoms with E-state index in [-0.39, 0.29) is 5.91 Å². The Morgan fingerprint density at radius 1 is 1.20 bits per heavy atom. The van der Waals surface area contributed by atoms with Crippen molar-refractivity contribution in [2.45, 2.75) is 13.5 Å². The van der Waals surface area contributed by atoms with Gasteiger partial charge in [-0.15, -0.1) is 0 Å². The van der Waals surface area contributed by atoms with Crippen LogP contribution in [0.3, 0.4) is 0 Å². The summed E-state index contributed by atoms with van der Waals surface area (Å²) >= 11 is 1.31. The quantitative estimate of drug-likeness (QED) is 0.708. The topological polar surface area (TPSA) is 76.1 Å². The van der Waals surface area contributed by atoms with Gasteiger partial charge in [-0.05, 0) is 36.8 Å². The zero-order valence-corrected chi connectivity index (χ0v) is 14.8. The molecule has 7 heteroatoms. The minimum absolute atomic E-state index is 0.139. The monoisotopic (exact) mass is 354 g/mol. The van der Waals surface area contributed by atoms with Crippen LogP contribution in [0.1, 0.15) is 20.9 Å². The van der Waals surface area contributed by atoms with Crippen molar-refractivity contribution >= 4 is 28.2 Å². The van der Waals surface area contributed by atoms with Crippen molar-refractivity contribution in [2.75, 3.05) is 12.4 Å². The SMILES string of the molecule is COc1ccc(CNC(=O)c2sc(Nc3ccccn3)nc2C)cc1. The second-order valence-corrected chi connectivity index (χ2v) is 6.30. The van der Waals surface area contributed by atoms with Gasteiger partial charge in [-0.1, -0.05) is 29.5 Å². The second-order valence-electron chi connectivity index (χ2n) is 5.30. The minimum atomic E-state index is -0.139. The van der Waals surface area contributed by atoms with Crippen LogP contribution in [0.5, 0.6) is 5.75 Å². The minimum Gasteiger partial charge on any atom is -0.497 e. The molecule has 0 saturated carbocycles. The zero-order valence-electron chi connectivity index (χ0n) is 13.9. The van der Waals surface area contributed by atoms with Gasteiger partial charge in [-0.3, -0.25) is 4.79 Å². The van der Waals surface area contributed by atoms with Gasteiger partial charge in [0.1, 0.15) is 16.4 Å². The first kappa shape index (κ1) is 16.9. The maximum Gasteiger partial charge on any atom is 0.263 e. The number of benzene rings is 1. The van der Waals surface area contributed by atoms with E-state index < -0.39 is 0 Å². The number of nitrogens with zero attached hydrogens (tertiary/aromatic N) is 2. The first-order valence-electron chi connectivity index (χ1n) is 7.72. The summed E-state index contributed by atoms with van der Waals surface area (Å²) < 4.78 is 5.13. The summed E-state index contributed by atoms with van der Waals surface area (Å²) in [6, 6.07) is 13.2. The molecule has 3 aromatic rings. The number of aromatic nitrogens is 2. The number of thiazole rings is 1. The number of anilines is 2. The third kappa shape index (κ3) is 4.33. The number of aryl methyl sites for hydroxylation is 1. The normalized spacial score (nSPS) is 10.3. The van der Waals surface area contributed by atoms with Crippen molar-refractivity contribution in [1.29, 1.82) is 0 Å². The highest BCUT2D eigenvalue weighted by Gasteiger charge is 2.15. The molecule has 0 aliphatic rings. The van der Waals surface area contributed by atoms with Gasteiger partial charge >= 0.3 is 0 Å². The molecule has 0 bridgehead atoms. The third-order valence-electron chi connectivity index (χ3n) is 3.51. The summed E-state index contributed by atoms with van der Waals surface area (Å²) in [4.78, 5) is 21.6. The first-order valence-corrected chi connectivity index (χ1v) is 8.54. The van der Waals surface area contributed by atoms with Gasteiger partial charge in [0, 0.05) is 12.7 Å². The number of nitrogens with one attached hydrogen (secondary N) is 2. The van der Waals surface area contributed by atoms with Crippen LogP contribution < -0.4 is 15.4 Å². The molecule has 0 aliphatic heterocycles. The van der Waals surface area contributed by atoms with E-state index >= 15 is 0 Å². The van der Waals surface area contributed by atoms with Crippen molar-refractivity contribution in [3.8, 4) is 5.75 Å². The van der Waals surface area contributed by atoms with Crippen LogP contribution in [0.4, 0.5) is 10.9 Å². The average molecular weight is 354 g/mol. The van der Waals surface area contributed by atoms with Crippen molar-refractivity contribution < 1.29 is 9.53 Å². The summed E-state index contributed by atoms with van der Waals surface area (Å²) in [6.45, 7) is 2.27. The van der Waals surface area contributed by atoms with Crippen LogP contribution in [0.25, 0.3) is 0 Å². The van der Waals surface area contributed by atoms with Crippen LogP contribution in [-0.4, -0.2) is 23.0 Å². The van der Waals surface area contributed by atoms with E-state index in [1.807, 2.05) is 49.4 Å². The van der Waals surface area contributed by atoms with Crippen LogP contribution in [-0.2, 0) is 6.54 Å². The number of rotatable bonds is 6. The van der Waals surface area contributed by atoms with Gasteiger partial charge in [0.2, 0.25) is 0 Å². The Kier molecular flexibility index (Phi) is 5.25. The number of amides is 1. The summed E-state index contributed by atoms with van der Waals surface area (Å²) in [5, 5.41) is 6.67. The van der Waals surface area contributed by atoms with E-state index in [2.05, 4.69) is 20.6 Å². The van der Waals surface area contributed by atoms with E-state index in [1.165, 1.54) is 11.3 Å². The largest absolute Gasteiger partial charge is 0.497 e. The van der Waals surface area contributed by atoms with Gasteiger partial charge in [0.05, 0.1) is 12.8 Å². The third-order valence-corrected chi connectivity index (χ3v) is 4.59. The maximum absolute atomic E-state index is 12.4. The predicted molar refractivity (Wildman–Crippen MR) is 98.5 cm³/mol. The van der Waals surface area contributed by atoms with E-state index in [0.29, 0.717) is 28.1 Å². The van der Waals surface area contributed by atoms with Crippen LogP contribution >= 0.6 is 11.3 Å². The maximum atomic E-state index is 12.4. The molecule has 2 N–H and O–H groups in total. The molecule has 0 radical (unpaired) electrons. The summed E-state index contributed by atoms with van der Waals surface area (Å²) in [7, 11) is 1.62. The fraction of sp³-hybridized carbons (Fsp3) is 0.167. The molecular formula is C18H18N4O2S. The Morgan fingerprint density at radius 3 is 2.68 bits per heavy atom. The molecule has 3 rings (SSSR count). The van der Waals surface area contributed by atoms with Crippen molar-refractivity contribution in [1.82, 2.24) is 15.3 Å². The number of carbonyl (C=O) groups is 1. The predicted octanol–water partition coefficient (Wildman–Crippen LogP) is 3.53. The van der Waals surface area contributed by atoms with Gasteiger partial charge in [-0.2, -0.15) is 0 Å². The Balaban J connectivity index is 1.63. The van der Waals surface area contributed by atoms with Gasteiger partial charge in [0.15, 0.2) is 5.13 Å². The lowest BCUT2D eigenvalue weighted by Crippen LogP contribution is -2.22. The summed E-state index contributed by atoms with van der Waals surface area (Å²) in [5.74, 6) is 1.35. The number of methoxy groups -OCH3 is 1. The summed E-state index contributed by atoms with van der Waals surface area (Å²) in [5.41, 5.74) is 1.69. The molecule has 6 nitrogen and oxygen atoms in total. The van der Waals surface area contributed by atoms with Crippen LogP contribution in [0.2, 0.25) is 0 Å². The lowest BCUT2D eigenvalue weighted by Gasteiger charge is -2.05. The van der Waals surface area contributed by atoms with Crippen molar-refractivity contribution in [3.63, 3.8) is 0 Å². The van der Waals surface area contributed by atoms with Crippen molar-refractivity contribution in [2.24, 2.45) is 0 Å². The average Bonchev–Trinajstić information content (AvgIpc) is 3.01. The molecule has 0 spiro atoms. The molecule has 1 aromatic carbocycles. The zero-order chi connectivity index (χ0) is 17.6. The molecule has 0 saturated heterocycles. The van der Waals surface area contributed by atoms with Gasteiger partial charge in [0.25, 0.3) is 5.91 Å². The van der Waals surface area contributed by atoms with Crippen LogP contribution in [0, 0.1) is 6.92 Å². The molecular weight excluding hydrogens is 336 g/mol. The first-order chi connectivity index (χ1) is 12.2. The Labute approximate surface area is 149 Å². The molecule has 0 aliphatic carbocycles. The molecule has 0 unspecified atom stereocenters. The molecule has 0 fully saturated rings. The fourth-order valence-corrected chi connectivity index (χ4v) is 3.10. The lowest BCUT2D eigenvalue weighted by molar-refractivity contribution is 0.0954. The number of hydrogen-bond donors (Lipinski definition) is 2. The highest BCUT2D eigenvalue weighted by molar-refractivity contribution is 7.17. The lowest BCUT2D eigenvalue weighted by atomic mass is 10.2. The van der Waals surface area contributed by atoms with Gasteiger partial charge in [-0.25, -0.2) is 9.97 Å². The highest BCUT2D eigenvalue weighted by atomic mass is 32.1. The van der Waals surface area contributed by atoms with Crippen LogP contribution in [0.15, 0.2) is 48.7 Å².